The average Bonchev–Trinajstić information content (AvgIpc) is 2.36. The smallest absolute Gasteiger partial charge is 0.243 e. The largest absolute Gasteiger partial charge is 0.383 e. The van der Waals surface area contributed by atoms with Crippen LogP contribution in [0.5, 0.6) is 0 Å². The Morgan fingerprint density at radius 2 is 2.40 bits per heavy atom. The highest BCUT2D eigenvalue weighted by atomic mass is 16.5. The van der Waals surface area contributed by atoms with Crippen LogP contribution in [0.4, 0.5) is 0 Å². The van der Waals surface area contributed by atoms with Crippen molar-refractivity contribution < 1.29 is 9.53 Å². The number of amides is 1. The number of likely N-dealkylation sites (N-methyl/N-ethyl adjacent to an activating group) is 1. The third-order valence-electron chi connectivity index (χ3n) is 2.77. The molecule has 0 spiro atoms. The van der Waals surface area contributed by atoms with E-state index in [2.05, 4.69) is 11.9 Å². The molecule has 1 aliphatic rings. The van der Waals surface area contributed by atoms with E-state index in [-0.39, 0.29) is 11.9 Å². The van der Waals surface area contributed by atoms with Crippen LogP contribution in [0.1, 0.15) is 19.3 Å². The lowest BCUT2D eigenvalue weighted by Crippen LogP contribution is -2.44. The first-order valence-electron chi connectivity index (χ1n) is 5.36. The van der Waals surface area contributed by atoms with Crippen molar-refractivity contribution in [3.63, 3.8) is 0 Å². The maximum atomic E-state index is 12.0. The molecule has 0 saturated carbocycles. The highest BCUT2D eigenvalue weighted by molar-refractivity contribution is 5.83. The topological polar surface area (TPSA) is 41.6 Å². The van der Waals surface area contributed by atoms with Crippen LogP contribution < -0.4 is 5.32 Å². The third kappa shape index (κ3) is 3.04. The molecular weight excluding hydrogens is 192 g/mol. The molecule has 4 heteroatoms. The number of hydrogen-bond donors (Lipinski definition) is 1. The molecule has 1 N–H and O–H groups in total. The van der Waals surface area contributed by atoms with Gasteiger partial charge in [0.25, 0.3) is 0 Å². The minimum absolute atomic E-state index is 0.0684. The standard InChI is InChI=1S/C11H20N2O2/c1-9-5-4-6-10(12-2)11(14)13(9)7-8-15-3/h10,12H,1,4-8H2,2-3H3. The molecule has 0 aliphatic carbocycles. The molecular formula is C11H20N2O2. The van der Waals surface area contributed by atoms with Gasteiger partial charge in [0, 0.05) is 19.4 Å². The van der Waals surface area contributed by atoms with Gasteiger partial charge in [-0.15, -0.1) is 0 Å². The van der Waals surface area contributed by atoms with Crippen LogP contribution in [0.3, 0.4) is 0 Å². The molecule has 0 aromatic carbocycles. The number of rotatable bonds is 4. The zero-order valence-corrected chi connectivity index (χ0v) is 9.58. The Balaban J connectivity index is 2.68. The number of hydrogen-bond acceptors (Lipinski definition) is 3. The Morgan fingerprint density at radius 1 is 1.67 bits per heavy atom. The molecule has 1 heterocycles. The summed E-state index contributed by atoms with van der Waals surface area (Å²) in [6.07, 6.45) is 2.80. The normalized spacial score (nSPS) is 23.1. The SMILES string of the molecule is C=C1CCCC(NC)C(=O)N1CCOC. The molecule has 4 nitrogen and oxygen atoms in total. The van der Waals surface area contributed by atoms with Crippen LogP contribution in [0.15, 0.2) is 12.3 Å². The lowest BCUT2D eigenvalue weighted by molar-refractivity contribution is -0.131. The predicted octanol–water partition coefficient (Wildman–Crippen LogP) is 0.747. The Hall–Kier alpha value is -0.870. The summed E-state index contributed by atoms with van der Waals surface area (Å²) in [4.78, 5) is 13.8. The summed E-state index contributed by atoms with van der Waals surface area (Å²) in [7, 11) is 3.46. The van der Waals surface area contributed by atoms with E-state index in [9.17, 15) is 4.79 Å². The van der Waals surface area contributed by atoms with Gasteiger partial charge in [-0.25, -0.2) is 0 Å². The van der Waals surface area contributed by atoms with Gasteiger partial charge in [-0.3, -0.25) is 4.79 Å². The van der Waals surface area contributed by atoms with Crippen molar-refractivity contribution in [1.29, 1.82) is 0 Å². The second-order valence-electron chi connectivity index (χ2n) is 3.78. The Kier molecular flexibility index (Phi) is 4.78. The molecule has 1 atom stereocenters. The van der Waals surface area contributed by atoms with Crippen LogP contribution in [-0.4, -0.2) is 44.2 Å². The summed E-state index contributed by atoms with van der Waals surface area (Å²) >= 11 is 0. The number of carbonyl (C=O) groups excluding carboxylic acids is 1. The van der Waals surface area contributed by atoms with Crippen molar-refractivity contribution >= 4 is 5.91 Å². The van der Waals surface area contributed by atoms with Crippen molar-refractivity contribution in [2.45, 2.75) is 25.3 Å². The van der Waals surface area contributed by atoms with E-state index in [1.165, 1.54) is 0 Å². The van der Waals surface area contributed by atoms with Crippen LogP contribution in [-0.2, 0) is 9.53 Å². The first-order chi connectivity index (χ1) is 7.20. The lowest BCUT2D eigenvalue weighted by Gasteiger charge is -2.25. The number of nitrogens with one attached hydrogen (secondary N) is 1. The van der Waals surface area contributed by atoms with Crippen molar-refractivity contribution in [1.82, 2.24) is 10.2 Å². The van der Waals surface area contributed by atoms with E-state index < -0.39 is 0 Å². The number of allylic oxidation sites excluding steroid dienone is 1. The maximum absolute atomic E-state index is 12.0. The fraction of sp³-hybridized carbons (Fsp3) is 0.727. The van der Waals surface area contributed by atoms with E-state index in [4.69, 9.17) is 4.74 Å². The molecule has 1 amide bonds. The van der Waals surface area contributed by atoms with E-state index >= 15 is 0 Å². The van der Waals surface area contributed by atoms with Gasteiger partial charge in [-0.1, -0.05) is 6.58 Å². The predicted molar refractivity (Wildman–Crippen MR) is 59.4 cm³/mol. The third-order valence-corrected chi connectivity index (χ3v) is 2.77. The number of carbonyl (C=O) groups is 1. The lowest BCUT2D eigenvalue weighted by atomic mass is 10.1. The Morgan fingerprint density at radius 3 is 3.00 bits per heavy atom. The summed E-state index contributed by atoms with van der Waals surface area (Å²) in [5.74, 6) is 0.122. The minimum Gasteiger partial charge on any atom is -0.383 e. The van der Waals surface area contributed by atoms with Crippen molar-refractivity contribution in [2.24, 2.45) is 0 Å². The number of ether oxygens (including phenoxy) is 1. The van der Waals surface area contributed by atoms with Gasteiger partial charge >= 0.3 is 0 Å². The minimum atomic E-state index is -0.0684. The average molecular weight is 212 g/mol. The monoisotopic (exact) mass is 212 g/mol. The van der Waals surface area contributed by atoms with E-state index in [0.717, 1.165) is 25.0 Å². The fourth-order valence-electron chi connectivity index (χ4n) is 1.83. The van der Waals surface area contributed by atoms with Crippen LogP contribution in [0.25, 0.3) is 0 Å². The quantitative estimate of drug-likeness (QED) is 0.747. The number of methoxy groups -OCH3 is 1. The molecule has 86 valence electrons. The summed E-state index contributed by atoms with van der Waals surface area (Å²) in [6.45, 7) is 5.11. The van der Waals surface area contributed by atoms with Gasteiger partial charge in [0.15, 0.2) is 0 Å². The fourth-order valence-corrected chi connectivity index (χ4v) is 1.83. The summed E-state index contributed by atoms with van der Waals surface area (Å²) in [5, 5.41) is 3.05. The summed E-state index contributed by atoms with van der Waals surface area (Å²) < 4.78 is 5.00. The highest BCUT2D eigenvalue weighted by Gasteiger charge is 2.27. The molecule has 0 radical (unpaired) electrons. The van der Waals surface area contributed by atoms with Crippen molar-refractivity contribution in [3.05, 3.63) is 12.3 Å². The Bertz CT molecular complexity index is 241. The van der Waals surface area contributed by atoms with Crippen LogP contribution in [0.2, 0.25) is 0 Å². The van der Waals surface area contributed by atoms with Gasteiger partial charge in [-0.2, -0.15) is 0 Å². The van der Waals surface area contributed by atoms with E-state index in [1.807, 2.05) is 7.05 Å². The van der Waals surface area contributed by atoms with E-state index in [0.29, 0.717) is 13.2 Å². The van der Waals surface area contributed by atoms with Gasteiger partial charge in [0.05, 0.1) is 12.6 Å². The second kappa shape index (κ2) is 5.88. The van der Waals surface area contributed by atoms with Crippen molar-refractivity contribution in [3.8, 4) is 0 Å². The van der Waals surface area contributed by atoms with E-state index in [1.54, 1.807) is 12.0 Å². The first-order valence-corrected chi connectivity index (χ1v) is 5.36. The van der Waals surface area contributed by atoms with Gasteiger partial charge in [0.2, 0.25) is 5.91 Å². The summed E-state index contributed by atoms with van der Waals surface area (Å²) in [5.41, 5.74) is 0.912. The highest BCUT2D eigenvalue weighted by Crippen LogP contribution is 2.19. The molecule has 1 rings (SSSR count). The molecule has 1 aliphatic heterocycles. The first kappa shape index (κ1) is 12.2. The van der Waals surface area contributed by atoms with Gasteiger partial charge in [0.1, 0.15) is 0 Å². The Labute approximate surface area is 91.3 Å². The second-order valence-corrected chi connectivity index (χ2v) is 3.78. The van der Waals surface area contributed by atoms with Crippen LogP contribution in [0, 0.1) is 0 Å². The number of nitrogens with zero attached hydrogens (tertiary/aromatic N) is 1. The molecule has 0 aromatic heterocycles. The molecule has 0 bridgehead atoms. The molecule has 1 fully saturated rings. The van der Waals surface area contributed by atoms with Crippen LogP contribution >= 0.6 is 0 Å². The van der Waals surface area contributed by atoms with Crippen molar-refractivity contribution in [2.75, 3.05) is 27.3 Å². The molecule has 15 heavy (non-hydrogen) atoms. The molecule has 1 saturated heterocycles. The zero-order chi connectivity index (χ0) is 11.3. The zero-order valence-electron chi connectivity index (χ0n) is 9.58. The molecule has 1 unspecified atom stereocenters. The van der Waals surface area contributed by atoms with Gasteiger partial charge < -0.3 is 15.0 Å². The summed E-state index contributed by atoms with van der Waals surface area (Å²) in [6, 6.07) is -0.0684. The maximum Gasteiger partial charge on any atom is 0.243 e. The number of likely N-dealkylation sites (tertiary alicyclic amines) is 1. The molecule has 0 aromatic rings. The van der Waals surface area contributed by atoms with Gasteiger partial charge in [-0.05, 0) is 26.3 Å².